The molecule has 6 nitrogen and oxygen atoms in total. The summed E-state index contributed by atoms with van der Waals surface area (Å²) in [5.74, 6) is 0.581. The van der Waals surface area contributed by atoms with Crippen molar-refractivity contribution in [3.63, 3.8) is 0 Å². The maximum absolute atomic E-state index is 11.8. The molecule has 0 radical (unpaired) electrons. The van der Waals surface area contributed by atoms with E-state index in [1.807, 2.05) is 0 Å². The Labute approximate surface area is 123 Å². The maximum Gasteiger partial charge on any atom is 0.319 e. The summed E-state index contributed by atoms with van der Waals surface area (Å²) >= 11 is 9.31. The first-order chi connectivity index (χ1) is 9.06. The van der Waals surface area contributed by atoms with Crippen LogP contribution in [0.4, 0.5) is 10.5 Å². The predicted molar refractivity (Wildman–Crippen MR) is 76.1 cm³/mol. The van der Waals surface area contributed by atoms with Crippen LogP contribution in [0.1, 0.15) is 18.8 Å². The molecule has 0 unspecified atom stereocenters. The number of hydrogen-bond donors (Lipinski definition) is 3. The molecule has 0 saturated heterocycles. The third-order valence-corrected chi connectivity index (χ3v) is 3.18. The van der Waals surface area contributed by atoms with E-state index in [1.54, 1.807) is 25.1 Å². The number of rotatable bonds is 3. The minimum Gasteiger partial charge on any atom is -0.328 e. The second-order valence-electron chi connectivity index (χ2n) is 3.82. The van der Waals surface area contributed by atoms with Gasteiger partial charge in [-0.25, -0.2) is 9.78 Å². The molecule has 2 aromatic rings. The zero-order valence-corrected chi connectivity index (χ0v) is 12.3. The molecular formula is C11H11BrClN5O. The molecule has 1 aromatic heterocycles. The zero-order valence-electron chi connectivity index (χ0n) is 9.95. The molecule has 0 aliphatic heterocycles. The number of aromatic amines is 1. The van der Waals surface area contributed by atoms with Crippen molar-refractivity contribution in [3.05, 3.63) is 39.8 Å². The number of H-pyrrole nitrogens is 1. The number of carbonyl (C=O) groups excluding carboxylic acids is 1. The third kappa shape index (κ3) is 3.68. The van der Waals surface area contributed by atoms with Gasteiger partial charge in [-0.3, -0.25) is 5.10 Å². The van der Waals surface area contributed by atoms with Crippen LogP contribution in [0.25, 0.3) is 0 Å². The van der Waals surface area contributed by atoms with Crippen LogP contribution in [-0.4, -0.2) is 21.2 Å². The fraction of sp³-hybridized carbons (Fsp3) is 0.182. The quantitative estimate of drug-likeness (QED) is 0.800. The number of benzene rings is 1. The minimum absolute atomic E-state index is 0.281. The monoisotopic (exact) mass is 343 g/mol. The van der Waals surface area contributed by atoms with Crippen molar-refractivity contribution >= 4 is 39.2 Å². The topological polar surface area (TPSA) is 82.7 Å². The molecule has 0 spiro atoms. The van der Waals surface area contributed by atoms with Crippen LogP contribution in [0.3, 0.4) is 0 Å². The molecule has 1 atom stereocenters. The van der Waals surface area contributed by atoms with Crippen molar-refractivity contribution in [1.82, 2.24) is 20.5 Å². The van der Waals surface area contributed by atoms with Crippen LogP contribution in [0.2, 0.25) is 5.02 Å². The Kier molecular flexibility index (Phi) is 4.39. The van der Waals surface area contributed by atoms with Crippen LogP contribution >= 0.6 is 27.5 Å². The Hall–Kier alpha value is -1.60. The summed E-state index contributed by atoms with van der Waals surface area (Å²) in [7, 11) is 0. The molecule has 1 heterocycles. The van der Waals surface area contributed by atoms with Gasteiger partial charge in [0.05, 0.1) is 16.8 Å². The summed E-state index contributed by atoms with van der Waals surface area (Å²) < 4.78 is 0.846. The van der Waals surface area contributed by atoms with Crippen LogP contribution in [0.15, 0.2) is 29.0 Å². The number of amides is 2. The normalized spacial score (nSPS) is 11.9. The third-order valence-electron chi connectivity index (χ3n) is 2.37. The van der Waals surface area contributed by atoms with Crippen LogP contribution in [0.5, 0.6) is 0 Å². The maximum atomic E-state index is 11.8. The summed E-state index contributed by atoms with van der Waals surface area (Å²) in [6, 6.07) is 4.56. The summed E-state index contributed by atoms with van der Waals surface area (Å²) in [5, 5.41) is 12.3. The lowest BCUT2D eigenvalue weighted by atomic mass is 10.3. The first-order valence-corrected chi connectivity index (χ1v) is 6.61. The number of halogens is 2. The van der Waals surface area contributed by atoms with Crippen molar-refractivity contribution in [3.8, 4) is 0 Å². The SMILES string of the molecule is C[C@H](NC(=O)Nc1ccc(Br)cc1Cl)c1ncn[nH]1. The van der Waals surface area contributed by atoms with Gasteiger partial charge in [0.15, 0.2) is 0 Å². The summed E-state index contributed by atoms with van der Waals surface area (Å²) in [6.45, 7) is 1.79. The Bertz CT molecular complexity index is 574. The average Bonchev–Trinajstić information content (AvgIpc) is 2.86. The van der Waals surface area contributed by atoms with Crippen LogP contribution in [0, 0.1) is 0 Å². The molecule has 1 aromatic carbocycles. The predicted octanol–water partition coefficient (Wildman–Crippen LogP) is 3.10. The Morgan fingerprint density at radius 3 is 2.95 bits per heavy atom. The summed E-state index contributed by atoms with van der Waals surface area (Å²) in [5.41, 5.74) is 0.534. The molecule has 0 aliphatic rings. The largest absolute Gasteiger partial charge is 0.328 e. The van der Waals surface area contributed by atoms with Crippen molar-refractivity contribution < 1.29 is 4.79 Å². The number of aromatic nitrogens is 3. The van der Waals surface area contributed by atoms with Crippen LogP contribution < -0.4 is 10.6 Å². The van der Waals surface area contributed by atoms with E-state index in [0.717, 1.165) is 4.47 Å². The molecule has 19 heavy (non-hydrogen) atoms. The Balaban J connectivity index is 1.98. The van der Waals surface area contributed by atoms with E-state index in [9.17, 15) is 4.79 Å². The number of nitrogens with zero attached hydrogens (tertiary/aromatic N) is 2. The van der Waals surface area contributed by atoms with E-state index in [-0.39, 0.29) is 12.1 Å². The molecule has 8 heteroatoms. The Morgan fingerprint density at radius 1 is 1.53 bits per heavy atom. The lowest BCUT2D eigenvalue weighted by molar-refractivity contribution is 0.249. The van der Waals surface area contributed by atoms with E-state index in [0.29, 0.717) is 16.5 Å². The number of anilines is 1. The molecule has 3 N–H and O–H groups in total. The van der Waals surface area contributed by atoms with Gasteiger partial charge in [-0.15, -0.1) is 0 Å². The van der Waals surface area contributed by atoms with Crippen molar-refractivity contribution in [2.75, 3.05) is 5.32 Å². The first kappa shape index (κ1) is 13.8. The fourth-order valence-electron chi connectivity index (χ4n) is 1.44. The standard InChI is InChI=1S/C11H11BrClN5O/c1-6(10-14-5-15-18-10)16-11(19)17-9-3-2-7(12)4-8(9)13/h2-6H,1H3,(H,14,15,18)(H2,16,17,19)/t6-/m0/s1. The molecule has 0 fully saturated rings. The second kappa shape index (κ2) is 6.03. The highest BCUT2D eigenvalue weighted by Crippen LogP contribution is 2.25. The molecule has 0 aliphatic carbocycles. The van der Waals surface area contributed by atoms with E-state index in [4.69, 9.17) is 11.6 Å². The number of carbonyl (C=O) groups is 1. The first-order valence-electron chi connectivity index (χ1n) is 5.44. The second-order valence-corrected chi connectivity index (χ2v) is 5.14. The number of hydrogen-bond acceptors (Lipinski definition) is 3. The van der Waals surface area contributed by atoms with E-state index in [1.165, 1.54) is 6.33 Å². The number of nitrogens with one attached hydrogen (secondary N) is 3. The highest BCUT2D eigenvalue weighted by atomic mass is 79.9. The lowest BCUT2D eigenvalue weighted by Crippen LogP contribution is -2.31. The fourth-order valence-corrected chi connectivity index (χ4v) is 2.16. The van der Waals surface area contributed by atoms with Gasteiger partial charge in [-0.2, -0.15) is 5.10 Å². The van der Waals surface area contributed by atoms with Crippen LogP contribution in [-0.2, 0) is 0 Å². The van der Waals surface area contributed by atoms with Gasteiger partial charge in [0.1, 0.15) is 12.2 Å². The van der Waals surface area contributed by atoms with E-state index < -0.39 is 0 Å². The molecule has 0 saturated carbocycles. The molecule has 100 valence electrons. The van der Waals surface area contributed by atoms with Crippen molar-refractivity contribution in [2.24, 2.45) is 0 Å². The average molecular weight is 345 g/mol. The molecule has 0 bridgehead atoms. The van der Waals surface area contributed by atoms with Gasteiger partial charge in [-0.05, 0) is 25.1 Å². The van der Waals surface area contributed by atoms with Gasteiger partial charge < -0.3 is 10.6 Å². The lowest BCUT2D eigenvalue weighted by Gasteiger charge is -2.13. The van der Waals surface area contributed by atoms with Gasteiger partial charge in [0.2, 0.25) is 0 Å². The van der Waals surface area contributed by atoms with Gasteiger partial charge >= 0.3 is 6.03 Å². The Morgan fingerprint density at radius 2 is 2.32 bits per heavy atom. The molecule has 2 rings (SSSR count). The van der Waals surface area contributed by atoms with Gasteiger partial charge in [-0.1, -0.05) is 27.5 Å². The van der Waals surface area contributed by atoms with Gasteiger partial charge in [0, 0.05) is 4.47 Å². The van der Waals surface area contributed by atoms with Gasteiger partial charge in [0.25, 0.3) is 0 Å². The zero-order chi connectivity index (χ0) is 13.8. The van der Waals surface area contributed by atoms with Crippen molar-refractivity contribution in [1.29, 1.82) is 0 Å². The van der Waals surface area contributed by atoms with E-state index in [2.05, 4.69) is 41.7 Å². The molecule has 2 amide bonds. The molecular weight excluding hydrogens is 334 g/mol. The highest BCUT2D eigenvalue weighted by molar-refractivity contribution is 9.10. The van der Waals surface area contributed by atoms with Crippen molar-refractivity contribution in [2.45, 2.75) is 13.0 Å². The summed E-state index contributed by atoms with van der Waals surface area (Å²) in [6.07, 6.45) is 1.39. The minimum atomic E-state index is -0.367. The highest BCUT2D eigenvalue weighted by Gasteiger charge is 2.12. The number of urea groups is 1. The van der Waals surface area contributed by atoms with E-state index >= 15 is 0 Å². The smallest absolute Gasteiger partial charge is 0.319 e. The summed E-state index contributed by atoms with van der Waals surface area (Å²) in [4.78, 5) is 15.8.